The van der Waals surface area contributed by atoms with E-state index in [1.807, 2.05) is 6.08 Å². The molecule has 6 atom stereocenters. The van der Waals surface area contributed by atoms with Gasteiger partial charge in [0.1, 0.15) is 5.60 Å². The predicted octanol–water partition coefficient (Wildman–Crippen LogP) is 3.49. The van der Waals surface area contributed by atoms with Crippen LogP contribution in [0.3, 0.4) is 0 Å². The van der Waals surface area contributed by atoms with Crippen molar-refractivity contribution in [3.8, 4) is 12.3 Å². The van der Waals surface area contributed by atoms with E-state index in [9.17, 15) is 9.90 Å². The number of fused-ring (bicyclic) bond motifs is 5. The van der Waals surface area contributed by atoms with Gasteiger partial charge in [0, 0.05) is 55.9 Å². The third kappa shape index (κ3) is 2.55. The van der Waals surface area contributed by atoms with Crippen LogP contribution in [0.25, 0.3) is 0 Å². The molecule has 121 valence electrons. The molecule has 4 aliphatic rings. The van der Waals surface area contributed by atoms with Gasteiger partial charge in [0.15, 0.2) is 5.78 Å². The molecule has 3 saturated carbocycles. The van der Waals surface area contributed by atoms with Gasteiger partial charge >= 0.3 is 0 Å². The summed E-state index contributed by atoms with van der Waals surface area (Å²) in [6, 6.07) is 0. The van der Waals surface area contributed by atoms with Crippen LogP contribution in [-0.4, -0.2) is 16.5 Å². The molecule has 4 rings (SSSR count). The average Bonchev–Trinajstić information content (AvgIpc) is 2.79. The number of rotatable bonds is 0. The molecule has 0 spiro atoms. The van der Waals surface area contributed by atoms with Gasteiger partial charge in [-0.25, -0.2) is 0 Å². The number of carbonyl (C=O) groups is 1. The molecular formula is C20H26AcO2. The van der Waals surface area contributed by atoms with Crippen molar-refractivity contribution in [2.24, 2.45) is 29.1 Å². The van der Waals surface area contributed by atoms with Gasteiger partial charge in [-0.05, 0) is 74.7 Å². The van der Waals surface area contributed by atoms with Crippen molar-refractivity contribution >= 4 is 5.78 Å². The first-order chi connectivity index (χ1) is 10.5. The van der Waals surface area contributed by atoms with Gasteiger partial charge in [0.05, 0.1) is 0 Å². The summed E-state index contributed by atoms with van der Waals surface area (Å²) in [6.45, 7) is 2.23. The maximum Gasteiger partial charge on any atom is 0.155 e. The van der Waals surface area contributed by atoms with Gasteiger partial charge in [0.25, 0.3) is 0 Å². The Labute approximate surface area is 175 Å². The monoisotopic (exact) mass is 525 g/mol. The van der Waals surface area contributed by atoms with E-state index in [2.05, 4.69) is 12.8 Å². The van der Waals surface area contributed by atoms with E-state index in [1.54, 1.807) is 0 Å². The van der Waals surface area contributed by atoms with Crippen LogP contribution < -0.4 is 0 Å². The summed E-state index contributed by atoms with van der Waals surface area (Å²) >= 11 is 0. The van der Waals surface area contributed by atoms with Gasteiger partial charge in [-0.1, -0.05) is 18.4 Å². The third-order valence-electron chi connectivity index (χ3n) is 7.69. The van der Waals surface area contributed by atoms with Crippen LogP contribution in [0.2, 0.25) is 0 Å². The zero-order valence-corrected chi connectivity index (χ0v) is 18.8. The van der Waals surface area contributed by atoms with Crippen LogP contribution in [0.15, 0.2) is 11.6 Å². The van der Waals surface area contributed by atoms with Crippen molar-refractivity contribution in [2.75, 3.05) is 0 Å². The fourth-order valence-corrected chi connectivity index (χ4v) is 6.43. The molecule has 3 heteroatoms. The number of carbonyl (C=O) groups excluding carboxylic acids is 1. The molecule has 4 unspecified atom stereocenters. The van der Waals surface area contributed by atoms with Crippen molar-refractivity contribution in [1.29, 1.82) is 0 Å². The second-order valence-electron chi connectivity index (χ2n) is 8.30. The van der Waals surface area contributed by atoms with Crippen molar-refractivity contribution in [2.45, 2.75) is 63.9 Å². The van der Waals surface area contributed by atoms with Crippen LogP contribution in [-0.2, 0) is 4.79 Å². The fraction of sp³-hybridized carbons (Fsp3) is 0.750. The fourth-order valence-electron chi connectivity index (χ4n) is 6.43. The number of hydrogen-bond acceptors (Lipinski definition) is 2. The van der Waals surface area contributed by atoms with Gasteiger partial charge in [-0.15, -0.1) is 6.42 Å². The zero-order valence-electron chi connectivity index (χ0n) is 14.1. The van der Waals surface area contributed by atoms with Gasteiger partial charge in [-0.2, -0.15) is 0 Å². The van der Waals surface area contributed by atoms with Crippen LogP contribution in [0, 0.1) is 85.5 Å². The molecule has 1 radical (unpaired) electrons. The summed E-state index contributed by atoms with van der Waals surface area (Å²) in [5.41, 5.74) is 0.418. The van der Waals surface area contributed by atoms with Gasteiger partial charge in [0.2, 0.25) is 0 Å². The van der Waals surface area contributed by atoms with Crippen LogP contribution in [0.5, 0.6) is 0 Å². The maximum atomic E-state index is 11.7. The molecule has 0 bridgehead atoms. The van der Waals surface area contributed by atoms with Crippen molar-refractivity contribution in [3.05, 3.63) is 11.6 Å². The standard InChI is InChI=1S/C20H26O2.Ac/c1-3-20(22)11-9-18-17-6-4-13-12-14(21)5-7-15(13)16(17)8-10-19(18,20)2;/h1,12,15-18,22H,4-11H2,2H3;/t15?,16?,17?,18?,19-,20-;/m0./s1. The second-order valence-corrected chi connectivity index (χ2v) is 8.30. The molecule has 0 amide bonds. The quantitative estimate of drug-likeness (QED) is 0.492. The summed E-state index contributed by atoms with van der Waals surface area (Å²) in [4.78, 5) is 11.7. The minimum atomic E-state index is -0.902. The Balaban J connectivity index is 0.00000156. The molecule has 4 aliphatic carbocycles. The Hall–Kier alpha value is 0.372. The minimum absolute atomic E-state index is 0. The Morgan fingerprint density at radius 3 is 2.70 bits per heavy atom. The summed E-state index contributed by atoms with van der Waals surface area (Å²) < 4.78 is 0. The summed E-state index contributed by atoms with van der Waals surface area (Å²) in [7, 11) is 0. The van der Waals surface area contributed by atoms with E-state index in [-0.39, 0.29) is 49.5 Å². The largest absolute Gasteiger partial charge is 0.377 e. The van der Waals surface area contributed by atoms with Crippen LogP contribution in [0.1, 0.15) is 58.3 Å². The number of allylic oxidation sites excluding steroid dienone is 1. The van der Waals surface area contributed by atoms with E-state index in [4.69, 9.17) is 6.42 Å². The smallest absolute Gasteiger partial charge is 0.155 e. The first kappa shape index (κ1) is 18.2. The molecule has 0 aromatic heterocycles. The topological polar surface area (TPSA) is 37.3 Å². The van der Waals surface area contributed by atoms with E-state index >= 15 is 0 Å². The Morgan fingerprint density at radius 2 is 1.96 bits per heavy atom. The first-order valence-electron chi connectivity index (χ1n) is 8.92. The maximum absolute atomic E-state index is 11.7. The minimum Gasteiger partial charge on any atom is -0.377 e. The number of hydrogen-bond donors (Lipinski definition) is 1. The zero-order chi connectivity index (χ0) is 15.5. The van der Waals surface area contributed by atoms with E-state index < -0.39 is 5.60 Å². The Morgan fingerprint density at radius 1 is 1.17 bits per heavy atom. The molecule has 0 aromatic carbocycles. The van der Waals surface area contributed by atoms with Gasteiger partial charge in [-0.3, -0.25) is 4.79 Å². The number of terminal acetylenes is 1. The molecule has 23 heavy (non-hydrogen) atoms. The van der Waals surface area contributed by atoms with E-state index in [0.717, 1.165) is 44.9 Å². The van der Waals surface area contributed by atoms with Crippen LogP contribution in [0.4, 0.5) is 0 Å². The van der Waals surface area contributed by atoms with E-state index in [1.165, 1.54) is 12.0 Å². The molecule has 0 saturated heterocycles. The van der Waals surface area contributed by atoms with Gasteiger partial charge < -0.3 is 5.11 Å². The summed E-state index contributed by atoms with van der Waals surface area (Å²) in [6.07, 6.45) is 15.7. The van der Waals surface area contributed by atoms with Crippen LogP contribution >= 0.6 is 0 Å². The Kier molecular flexibility index (Phi) is 4.95. The molecule has 0 aromatic rings. The summed E-state index contributed by atoms with van der Waals surface area (Å²) in [5, 5.41) is 10.9. The third-order valence-corrected chi connectivity index (χ3v) is 7.69. The second kappa shape index (κ2) is 6.27. The Bertz CT molecular complexity index is 589. The van der Waals surface area contributed by atoms with Crippen molar-refractivity contribution in [1.82, 2.24) is 0 Å². The average molecular weight is 525 g/mol. The van der Waals surface area contributed by atoms with E-state index in [0.29, 0.717) is 29.5 Å². The first-order valence-corrected chi connectivity index (χ1v) is 8.92. The summed E-state index contributed by atoms with van der Waals surface area (Å²) in [5.74, 6) is 5.66. The number of ketones is 1. The molecule has 0 aliphatic heterocycles. The predicted molar refractivity (Wildman–Crippen MR) is 85.9 cm³/mol. The normalized spacial score (nSPS) is 48.2. The molecule has 0 heterocycles. The number of aliphatic hydroxyl groups is 1. The van der Waals surface area contributed by atoms with Crippen molar-refractivity contribution in [3.63, 3.8) is 0 Å². The molecule has 1 N–H and O–H groups in total. The molecular weight excluding hydrogens is 499 g/mol. The molecule has 2 nitrogen and oxygen atoms in total. The molecule has 3 fully saturated rings. The SMILES string of the molecule is C#C[C@]1(O)CCC2C3CCC4=CC(=O)CCC4C3CC[C@@]21C.[Ac]. The van der Waals surface area contributed by atoms with Crippen molar-refractivity contribution < 1.29 is 54.0 Å².